The van der Waals surface area contributed by atoms with Gasteiger partial charge in [-0.25, -0.2) is 4.39 Å². The third-order valence-electron chi connectivity index (χ3n) is 4.14. The highest BCUT2D eigenvalue weighted by atomic mass is 19.1. The summed E-state index contributed by atoms with van der Waals surface area (Å²) in [5.41, 5.74) is 2.77. The Bertz CT molecular complexity index is 871. The fourth-order valence-corrected chi connectivity index (χ4v) is 2.88. The number of fused-ring (bicyclic) bond motifs is 2. The van der Waals surface area contributed by atoms with Crippen molar-refractivity contribution in [2.24, 2.45) is 0 Å². The van der Waals surface area contributed by atoms with Crippen LogP contribution in [0, 0.1) is 5.82 Å². The van der Waals surface area contributed by atoms with Crippen molar-refractivity contribution >= 4 is 0 Å². The van der Waals surface area contributed by atoms with E-state index in [4.69, 9.17) is 9.47 Å². The van der Waals surface area contributed by atoms with E-state index in [1.165, 1.54) is 12.1 Å². The van der Waals surface area contributed by atoms with E-state index in [-0.39, 0.29) is 11.7 Å². The minimum Gasteiger partial charge on any atom is -0.493 e. The van der Waals surface area contributed by atoms with E-state index in [1.807, 2.05) is 18.2 Å². The molecular formula is C18H15FN2O2. The van der Waals surface area contributed by atoms with E-state index in [9.17, 15) is 4.39 Å². The number of para-hydroxylation sites is 1. The summed E-state index contributed by atoms with van der Waals surface area (Å²) in [6.45, 7) is 2.09. The van der Waals surface area contributed by atoms with Crippen molar-refractivity contribution in [3.63, 3.8) is 0 Å². The molecule has 1 N–H and O–H groups in total. The van der Waals surface area contributed by atoms with E-state index in [1.54, 1.807) is 19.2 Å². The standard InChI is InChI=1S/C18H15FN2O2/c1-10-13-4-3-5-14(22-2)16(13)23-18-15(10)20-17(21-18)11-6-8-12(19)9-7-11/h3-10H,1-2H3,(H,20,21)/t10-/m0/s1. The number of H-pyrrole nitrogens is 1. The highest BCUT2D eigenvalue weighted by Gasteiger charge is 2.30. The average molecular weight is 310 g/mol. The third kappa shape index (κ3) is 2.16. The lowest BCUT2D eigenvalue weighted by molar-refractivity contribution is 0.363. The van der Waals surface area contributed by atoms with Crippen molar-refractivity contribution in [1.29, 1.82) is 0 Å². The number of nitrogens with zero attached hydrogens (tertiary/aromatic N) is 1. The van der Waals surface area contributed by atoms with E-state index in [0.717, 1.165) is 16.8 Å². The van der Waals surface area contributed by atoms with Crippen LogP contribution in [0.1, 0.15) is 24.1 Å². The first-order valence-corrected chi connectivity index (χ1v) is 7.38. The van der Waals surface area contributed by atoms with Gasteiger partial charge in [-0.1, -0.05) is 19.1 Å². The number of methoxy groups -OCH3 is 1. The number of hydrogen-bond donors (Lipinski definition) is 1. The molecule has 0 saturated carbocycles. The number of imidazole rings is 1. The van der Waals surface area contributed by atoms with E-state index in [2.05, 4.69) is 16.9 Å². The molecule has 0 saturated heterocycles. The SMILES string of the molecule is COc1cccc2c1Oc1nc(-c3ccc(F)cc3)[nH]c1[C@H]2C. The summed E-state index contributed by atoms with van der Waals surface area (Å²) in [5, 5.41) is 0. The minimum atomic E-state index is -0.271. The molecule has 2 aromatic carbocycles. The number of benzene rings is 2. The molecule has 116 valence electrons. The number of rotatable bonds is 2. The number of aromatic nitrogens is 2. The van der Waals surface area contributed by atoms with Crippen LogP contribution in [-0.4, -0.2) is 17.1 Å². The Morgan fingerprint density at radius 3 is 2.70 bits per heavy atom. The smallest absolute Gasteiger partial charge is 0.241 e. The van der Waals surface area contributed by atoms with Gasteiger partial charge in [0.1, 0.15) is 11.6 Å². The molecule has 1 aliphatic heterocycles. The van der Waals surface area contributed by atoms with E-state index < -0.39 is 0 Å². The van der Waals surface area contributed by atoms with E-state index in [0.29, 0.717) is 23.2 Å². The van der Waals surface area contributed by atoms with Crippen molar-refractivity contribution in [2.45, 2.75) is 12.8 Å². The van der Waals surface area contributed by atoms with E-state index >= 15 is 0 Å². The minimum absolute atomic E-state index is 0.102. The van der Waals surface area contributed by atoms with Gasteiger partial charge in [0.05, 0.1) is 12.8 Å². The number of ether oxygens (including phenoxy) is 2. The van der Waals surface area contributed by atoms with Crippen molar-refractivity contribution in [3.8, 4) is 28.8 Å². The molecular weight excluding hydrogens is 295 g/mol. The van der Waals surface area contributed by atoms with Gasteiger partial charge in [0.2, 0.25) is 5.88 Å². The van der Waals surface area contributed by atoms with Gasteiger partial charge >= 0.3 is 0 Å². The molecule has 0 bridgehead atoms. The Balaban J connectivity index is 1.80. The molecule has 2 heterocycles. The highest BCUT2D eigenvalue weighted by molar-refractivity contribution is 5.61. The summed E-state index contributed by atoms with van der Waals surface area (Å²) in [6.07, 6.45) is 0. The number of hydrogen-bond acceptors (Lipinski definition) is 3. The largest absolute Gasteiger partial charge is 0.493 e. The average Bonchev–Trinajstić information content (AvgIpc) is 2.99. The molecule has 0 radical (unpaired) electrons. The molecule has 0 aliphatic carbocycles. The topological polar surface area (TPSA) is 47.1 Å². The maximum absolute atomic E-state index is 13.1. The molecule has 4 nitrogen and oxygen atoms in total. The maximum Gasteiger partial charge on any atom is 0.241 e. The van der Waals surface area contributed by atoms with Crippen molar-refractivity contribution in [3.05, 3.63) is 59.5 Å². The van der Waals surface area contributed by atoms with Gasteiger partial charge in [0.25, 0.3) is 0 Å². The molecule has 1 aliphatic rings. The van der Waals surface area contributed by atoms with Gasteiger partial charge in [0.15, 0.2) is 11.5 Å². The predicted molar refractivity (Wildman–Crippen MR) is 84.6 cm³/mol. The first-order valence-electron chi connectivity index (χ1n) is 7.38. The predicted octanol–water partition coefficient (Wildman–Crippen LogP) is 4.48. The fourth-order valence-electron chi connectivity index (χ4n) is 2.88. The Hall–Kier alpha value is -2.82. The summed E-state index contributed by atoms with van der Waals surface area (Å²) in [5.74, 6) is 2.42. The summed E-state index contributed by atoms with van der Waals surface area (Å²) in [4.78, 5) is 7.82. The molecule has 23 heavy (non-hydrogen) atoms. The zero-order chi connectivity index (χ0) is 16.0. The van der Waals surface area contributed by atoms with Crippen LogP contribution in [0.2, 0.25) is 0 Å². The molecule has 1 aromatic heterocycles. The molecule has 0 amide bonds. The second-order valence-electron chi connectivity index (χ2n) is 5.51. The highest BCUT2D eigenvalue weighted by Crippen LogP contribution is 2.47. The summed E-state index contributed by atoms with van der Waals surface area (Å²) in [6, 6.07) is 12.0. The Morgan fingerprint density at radius 1 is 1.17 bits per heavy atom. The van der Waals surface area contributed by atoms with Crippen molar-refractivity contribution < 1.29 is 13.9 Å². The van der Waals surface area contributed by atoms with Gasteiger partial charge in [-0.3, -0.25) is 0 Å². The number of aromatic amines is 1. The van der Waals surface area contributed by atoms with Crippen LogP contribution < -0.4 is 9.47 Å². The lowest BCUT2D eigenvalue weighted by Gasteiger charge is -2.23. The van der Waals surface area contributed by atoms with Gasteiger partial charge in [-0.15, -0.1) is 0 Å². The van der Waals surface area contributed by atoms with Crippen LogP contribution in [0.15, 0.2) is 42.5 Å². The second-order valence-corrected chi connectivity index (χ2v) is 5.51. The Morgan fingerprint density at radius 2 is 1.96 bits per heavy atom. The molecule has 3 aromatic rings. The molecule has 5 heteroatoms. The van der Waals surface area contributed by atoms with Crippen LogP contribution in [0.5, 0.6) is 17.4 Å². The second kappa shape index (κ2) is 5.12. The normalized spacial score (nSPS) is 15.5. The summed E-state index contributed by atoms with van der Waals surface area (Å²) < 4.78 is 24.4. The lowest BCUT2D eigenvalue weighted by Crippen LogP contribution is -2.08. The van der Waals surface area contributed by atoms with Gasteiger partial charge in [0, 0.05) is 17.0 Å². The molecule has 1 atom stereocenters. The zero-order valence-electron chi connectivity index (χ0n) is 12.8. The number of halogens is 1. The molecule has 4 rings (SSSR count). The maximum atomic E-state index is 13.1. The summed E-state index contributed by atoms with van der Waals surface area (Å²) >= 11 is 0. The first-order chi connectivity index (χ1) is 11.2. The monoisotopic (exact) mass is 310 g/mol. The molecule has 0 unspecified atom stereocenters. The van der Waals surface area contributed by atoms with Crippen LogP contribution in [0.3, 0.4) is 0 Å². The molecule has 0 spiro atoms. The van der Waals surface area contributed by atoms with Gasteiger partial charge < -0.3 is 14.5 Å². The quantitative estimate of drug-likeness (QED) is 0.759. The third-order valence-corrected chi connectivity index (χ3v) is 4.14. The fraction of sp³-hybridized carbons (Fsp3) is 0.167. The lowest BCUT2D eigenvalue weighted by atomic mass is 9.95. The van der Waals surface area contributed by atoms with Crippen molar-refractivity contribution in [1.82, 2.24) is 9.97 Å². The van der Waals surface area contributed by atoms with Crippen LogP contribution in [-0.2, 0) is 0 Å². The number of nitrogens with one attached hydrogen (secondary N) is 1. The summed E-state index contributed by atoms with van der Waals surface area (Å²) in [7, 11) is 1.62. The first kappa shape index (κ1) is 13.8. The van der Waals surface area contributed by atoms with Gasteiger partial charge in [-0.2, -0.15) is 4.98 Å². The van der Waals surface area contributed by atoms with Crippen LogP contribution >= 0.6 is 0 Å². The zero-order valence-corrected chi connectivity index (χ0v) is 12.8. The molecule has 0 fully saturated rings. The van der Waals surface area contributed by atoms with Gasteiger partial charge in [-0.05, 0) is 30.3 Å². The van der Waals surface area contributed by atoms with Crippen LogP contribution in [0.4, 0.5) is 4.39 Å². The Kier molecular flexibility index (Phi) is 3.08. The van der Waals surface area contributed by atoms with Crippen molar-refractivity contribution in [2.75, 3.05) is 7.11 Å². The van der Waals surface area contributed by atoms with Crippen LogP contribution in [0.25, 0.3) is 11.4 Å². The Labute approximate surface area is 132 Å².